The molecular formula is C9H18O4S. The van der Waals surface area contributed by atoms with Gasteiger partial charge >= 0.3 is 5.97 Å². The van der Waals surface area contributed by atoms with E-state index >= 15 is 0 Å². The Kier molecular flexibility index (Phi) is 6.96. The van der Waals surface area contributed by atoms with Crippen LogP contribution in [-0.2, 0) is 9.53 Å². The van der Waals surface area contributed by atoms with Gasteiger partial charge in [-0.2, -0.15) is 12.6 Å². The van der Waals surface area contributed by atoms with E-state index in [0.717, 1.165) is 0 Å². The van der Waals surface area contributed by atoms with Crippen molar-refractivity contribution in [1.29, 1.82) is 0 Å². The lowest BCUT2D eigenvalue weighted by Crippen LogP contribution is -2.35. The van der Waals surface area contributed by atoms with Crippen LogP contribution in [0.5, 0.6) is 0 Å². The number of carbonyl (C=O) groups is 1. The van der Waals surface area contributed by atoms with E-state index < -0.39 is 5.41 Å². The lowest BCUT2D eigenvalue weighted by molar-refractivity contribution is -0.149. The van der Waals surface area contributed by atoms with Crippen molar-refractivity contribution in [2.45, 2.75) is 19.8 Å². The predicted molar refractivity (Wildman–Crippen MR) is 56.3 cm³/mol. The quantitative estimate of drug-likeness (QED) is 0.426. The summed E-state index contributed by atoms with van der Waals surface area (Å²) >= 11 is 3.89. The Hall–Kier alpha value is -0.260. The standard InChI is InChI=1S/C9H18O4S/c1-2-9(5-10,6-11)7-13-8(12)3-4-14/h10-11,14H,2-7H2,1H3. The Morgan fingerprint density at radius 2 is 2.00 bits per heavy atom. The van der Waals surface area contributed by atoms with Gasteiger partial charge < -0.3 is 14.9 Å². The molecule has 0 saturated heterocycles. The molecule has 0 atom stereocenters. The average molecular weight is 222 g/mol. The summed E-state index contributed by atoms with van der Waals surface area (Å²) in [5, 5.41) is 18.1. The zero-order valence-corrected chi connectivity index (χ0v) is 9.30. The molecule has 0 aliphatic heterocycles. The Bertz CT molecular complexity index is 160. The number of rotatable bonds is 7. The second kappa shape index (κ2) is 7.09. The van der Waals surface area contributed by atoms with Crippen molar-refractivity contribution < 1.29 is 19.7 Å². The molecule has 0 aromatic carbocycles. The maximum Gasteiger partial charge on any atom is 0.306 e. The molecule has 0 fully saturated rings. The highest BCUT2D eigenvalue weighted by Gasteiger charge is 2.28. The SMILES string of the molecule is CCC(CO)(CO)COC(=O)CCS. The molecule has 0 radical (unpaired) electrons. The molecule has 84 valence electrons. The molecule has 0 amide bonds. The summed E-state index contributed by atoms with van der Waals surface area (Å²) in [5.41, 5.74) is -0.702. The Morgan fingerprint density at radius 3 is 2.36 bits per heavy atom. The van der Waals surface area contributed by atoms with E-state index in [0.29, 0.717) is 12.2 Å². The van der Waals surface area contributed by atoms with E-state index in [1.807, 2.05) is 6.92 Å². The average Bonchev–Trinajstić information content (AvgIpc) is 2.21. The summed E-state index contributed by atoms with van der Waals surface area (Å²) in [7, 11) is 0. The highest BCUT2D eigenvalue weighted by Crippen LogP contribution is 2.20. The van der Waals surface area contributed by atoms with Crippen molar-refractivity contribution in [3.05, 3.63) is 0 Å². The summed E-state index contributed by atoms with van der Waals surface area (Å²) < 4.78 is 4.91. The van der Waals surface area contributed by atoms with Gasteiger partial charge in [-0.3, -0.25) is 4.79 Å². The van der Waals surface area contributed by atoms with Crippen LogP contribution < -0.4 is 0 Å². The summed E-state index contributed by atoms with van der Waals surface area (Å²) in [6, 6.07) is 0. The van der Waals surface area contributed by atoms with Crippen molar-refractivity contribution in [2.24, 2.45) is 5.41 Å². The monoisotopic (exact) mass is 222 g/mol. The molecule has 5 heteroatoms. The number of hydrogen-bond donors (Lipinski definition) is 3. The van der Waals surface area contributed by atoms with E-state index in [-0.39, 0.29) is 32.2 Å². The highest BCUT2D eigenvalue weighted by atomic mass is 32.1. The van der Waals surface area contributed by atoms with Crippen LogP contribution in [0.2, 0.25) is 0 Å². The fraction of sp³-hybridized carbons (Fsp3) is 0.889. The van der Waals surface area contributed by atoms with Crippen molar-refractivity contribution in [2.75, 3.05) is 25.6 Å². The molecule has 0 aromatic rings. The van der Waals surface area contributed by atoms with E-state index in [1.165, 1.54) is 0 Å². The van der Waals surface area contributed by atoms with Gasteiger partial charge in [0.15, 0.2) is 0 Å². The smallest absolute Gasteiger partial charge is 0.306 e. The molecule has 0 bridgehead atoms. The van der Waals surface area contributed by atoms with Crippen molar-refractivity contribution in [3.63, 3.8) is 0 Å². The molecule has 0 spiro atoms. The Balaban J connectivity index is 3.99. The molecule has 0 unspecified atom stereocenters. The normalized spacial score (nSPS) is 11.4. The molecule has 0 aliphatic carbocycles. The van der Waals surface area contributed by atoms with Gasteiger partial charge in [-0.05, 0) is 6.42 Å². The van der Waals surface area contributed by atoms with Gasteiger partial charge in [-0.15, -0.1) is 0 Å². The first-order valence-electron chi connectivity index (χ1n) is 4.62. The number of ether oxygens (including phenoxy) is 1. The Labute approximate surface area is 89.7 Å². The molecule has 14 heavy (non-hydrogen) atoms. The topological polar surface area (TPSA) is 66.8 Å². The minimum Gasteiger partial charge on any atom is -0.465 e. The van der Waals surface area contributed by atoms with Crippen LogP contribution in [0, 0.1) is 5.41 Å². The van der Waals surface area contributed by atoms with Crippen LogP contribution in [0.3, 0.4) is 0 Å². The molecule has 0 saturated carbocycles. The largest absolute Gasteiger partial charge is 0.465 e. The van der Waals surface area contributed by atoms with Crippen LogP contribution in [-0.4, -0.2) is 41.8 Å². The van der Waals surface area contributed by atoms with Crippen LogP contribution in [0.15, 0.2) is 0 Å². The molecular weight excluding hydrogens is 204 g/mol. The summed E-state index contributed by atoms with van der Waals surface area (Å²) in [4.78, 5) is 11.0. The first-order valence-corrected chi connectivity index (χ1v) is 5.25. The molecule has 0 rings (SSSR count). The number of aliphatic hydroxyl groups is 2. The predicted octanol–water partition coefficient (Wildman–Crippen LogP) is 0.230. The van der Waals surface area contributed by atoms with Crippen LogP contribution in [0.25, 0.3) is 0 Å². The number of aliphatic hydroxyl groups excluding tert-OH is 2. The van der Waals surface area contributed by atoms with Crippen LogP contribution >= 0.6 is 12.6 Å². The fourth-order valence-corrected chi connectivity index (χ4v) is 1.05. The number of thiol groups is 1. The zero-order valence-electron chi connectivity index (χ0n) is 8.40. The van der Waals surface area contributed by atoms with Crippen molar-refractivity contribution in [1.82, 2.24) is 0 Å². The molecule has 0 aromatic heterocycles. The summed E-state index contributed by atoms with van der Waals surface area (Å²) in [6.45, 7) is 1.52. The minimum atomic E-state index is -0.702. The number of esters is 1. The van der Waals surface area contributed by atoms with Gasteiger partial charge in [0, 0.05) is 5.75 Å². The van der Waals surface area contributed by atoms with Crippen molar-refractivity contribution >= 4 is 18.6 Å². The van der Waals surface area contributed by atoms with Gasteiger partial charge in [-0.25, -0.2) is 0 Å². The van der Waals surface area contributed by atoms with Gasteiger partial charge in [0.25, 0.3) is 0 Å². The third kappa shape index (κ3) is 4.30. The van der Waals surface area contributed by atoms with E-state index in [1.54, 1.807) is 0 Å². The minimum absolute atomic E-state index is 0.0586. The van der Waals surface area contributed by atoms with E-state index in [2.05, 4.69) is 12.6 Å². The zero-order chi connectivity index (χ0) is 11.0. The van der Waals surface area contributed by atoms with Crippen LogP contribution in [0.4, 0.5) is 0 Å². The second-order valence-electron chi connectivity index (χ2n) is 3.30. The van der Waals surface area contributed by atoms with Gasteiger partial charge in [0.1, 0.15) is 6.61 Å². The van der Waals surface area contributed by atoms with Gasteiger partial charge in [-0.1, -0.05) is 6.92 Å². The third-order valence-corrected chi connectivity index (χ3v) is 2.50. The maximum atomic E-state index is 11.0. The lowest BCUT2D eigenvalue weighted by atomic mass is 9.88. The lowest BCUT2D eigenvalue weighted by Gasteiger charge is -2.27. The van der Waals surface area contributed by atoms with Gasteiger partial charge in [0.2, 0.25) is 0 Å². The number of hydrogen-bond acceptors (Lipinski definition) is 5. The van der Waals surface area contributed by atoms with E-state index in [4.69, 9.17) is 14.9 Å². The number of carbonyl (C=O) groups excluding carboxylic acids is 1. The molecule has 0 aliphatic rings. The first-order chi connectivity index (χ1) is 6.64. The first kappa shape index (κ1) is 13.7. The second-order valence-corrected chi connectivity index (χ2v) is 3.75. The molecule has 4 nitrogen and oxygen atoms in total. The van der Waals surface area contributed by atoms with E-state index in [9.17, 15) is 4.79 Å². The Morgan fingerprint density at radius 1 is 1.43 bits per heavy atom. The molecule has 0 heterocycles. The fourth-order valence-electron chi connectivity index (χ4n) is 0.864. The molecule has 2 N–H and O–H groups in total. The van der Waals surface area contributed by atoms with Crippen LogP contribution in [0.1, 0.15) is 19.8 Å². The summed E-state index contributed by atoms with van der Waals surface area (Å²) in [5.74, 6) is 0.0932. The summed E-state index contributed by atoms with van der Waals surface area (Å²) in [6.07, 6.45) is 0.813. The third-order valence-electron chi connectivity index (χ3n) is 2.28. The van der Waals surface area contributed by atoms with Gasteiger partial charge in [0.05, 0.1) is 25.0 Å². The maximum absolute atomic E-state index is 11.0. The van der Waals surface area contributed by atoms with Crippen molar-refractivity contribution in [3.8, 4) is 0 Å². The highest BCUT2D eigenvalue weighted by molar-refractivity contribution is 7.80.